The molecule has 4 heterocycles. The number of pyridine rings is 2. The predicted molar refractivity (Wildman–Crippen MR) is 149 cm³/mol. The van der Waals surface area contributed by atoms with E-state index in [1.54, 1.807) is 23.0 Å². The summed E-state index contributed by atoms with van der Waals surface area (Å²) >= 11 is 5.92. The Balaban J connectivity index is 0.000000200. The van der Waals surface area contributed by atoms with Gasteiger partial charge in [0.1, 0.15) is 12.4 Å². The molecule has 0 amide bonds. The Bertz CT molecular complexity index is 1840. The number of hydrogen-bond donors (Lipinski definition) is 0. The van der Waals surface area contributed by atoms with Gasteiger partial charge in [-0.05, 0) is 42.5 Å². The maximum Gasteiger partial charge on any atom is 0.192 e. The van der Waals surface area contributed by atoms with E-state index in [1.165, 1.54) is 0 Å². The number of benzene rings is 3. The van der Waals surface area contributed by atoms with Crippen LogP contribution in [0, 0.1) is 0 Å². The number of rotatable bonds is 4. The third-order valence-corrected chi connectivity index (χ3v) is 6.29. The van der Waals surface area contributed by atoms with E-state index in [0.717, 1.165) is 43.8 Å². The first-order chi connectivity index (χ1) is 18.8. The van der Waals surface area contributed by atoms with Crippen LogP contribution in [0.2, 0.25) is 5.02 Å². The topological polar surface area (TPSA) is 78.1 Å². The van der Waals surface area contributed by atoms with Crippen molar-refractivity contribution < 1.29 is 4.74 Å². The highest BCUT2D eigenvalue weighted by Gasteiger charge is 2.11. The Morgan fingerprint density at radius 3 is 2.13 bits per heavy atom. The average molecular weight is 517 g/mol. The number of fused-ring (bicyclic) bond motifs is 3. The lowest BCUT2D eigenvalue weighted by Gasteiger charge is -2.08. The minimum absolute atomic E-state index is 0.264. The summed E-state index contributed by atoms with van der Waals surface area (Å²) in [5, 5.41) is 15.8. The number of aromatic nitrogens is 6. The Morgan fingerprint density at radius 2 is 1.34 bits per heavy atom. The first-order valence-corrected chi connectivity index (χ1v) is 12.4. The van der Waals surface area contributed by atoms with E-state index in [-0.39, 0.29) is 6.61 Å². The second-order valence-electron chi connectivity index (χ2n) is 8.40. The molecule has 8 heteroatoms. The molecule has 7 nitrogen and oxygen atoms in total. The molecule has 7 aromatic rings. The van der Waals surface area contributed by atoms with E-state index in [2.05, 4.69) is 25.3 Å². The third kappa shape index (κ3) is 4.87. The van der Waals surface area contributed by atoms with Crippen molar-refractivity contribution in [1.82, 2.24) is 29.8 Å². The monoisotopic (exact) mass is 516 g/mol. The third-order valence-electron chi connectivity index (χ3n) is 5.96. The van der Waals surface area contributed by atoms with E-state index in [9.17, 15) is 0 Å². The molecule has 0 fully saturated rings. The SMILES string of the molecule is Clc1ccnc2ccccc12.c1ccc(-c2ccc3nnc(COc4ccnc5ccccc45)n3n2)cc1. The molecule has 0 bridgehead atoms. The molecule has 0 N–H and O–H groups in total. The molecule has 0 saturated heterocycles. The number of nitrogens with zero attached hydrogens (tertiary/aromatic N) is 6. The van der Waals surface area contributed by atoms with Crippen LogP contribution in [-0.2, 0) is 6.61 Å². The molecule has 184 valence electrons. The fourth-order valence-electron chi connectivity index (χ4n) is 4.08. The van der Waals surface area contributed by atoms with Crippen LogP contribution in [0.5, 0.6) is 5.75 Å². The van der Waals surface area contributed by atoms with Crippen molar-refractivity contribution >= 4 is 39.1 Å². The lowest BCUT2D eigenvalue weighted by molar-refractivity contribution is 0.296. The van der Waals surface area contributed by atoms with Gasteiger partial charge in [-0.3, -0.25) is 9.97 Å². The fourth-order valence-corrected chi connectivity index (χ4v) is 4.30. The highest BCUT2D eigenvalue weighted by Crippen LogP contribution is 2.24. The standard InChI is InChI=1S/C21H15N5O.C9H6ClN/c1-2-6-15(7-3-1)17-10-11-20-23-24-21(26(20)25-17)14-27-19-12-13-22-18-9-5-4-8-16(18)19;10-8-5-6-11-9-4-2-1-3-7(8)9/h1-13H,14H2;1-6H. The second-order valence-corrected chi connectivity index (χ2v) is 8.80. The van der Waals surface area contributed by atoms with Gasteiger partial charge < -0.3 is 4.74 Å². The Hall–Kier alpha value is -4.88. The number of hydrogen-bond acceptors (Lipinski definition) is 6. The quantitative estimate of drug-likeness (QED) is 0.256. The molecule has 0 aliphatic carbocycles. The summed E-state index contributed by atoms with van der Waals surface area (Å²) in [7, 11) is 0. The van der Waals surface area contributed by atoms with Gasteiger partial charge in [0.15, 0.2) is 11.5 Å². The van der Waals surface area contributed by atoms with Crippen LogP contribution >= 0.6 is 11.6 Å². The van der Waals surface area contributed by atoms with Crippen LogP contribution in [-0.4, -0.2) is 29.8 Å². The zero-order chi connectivity index (χ0) is 25.7. The molecule has 0 radical (unpaired) electrons. The summed E-state index contributed by atoms with van der Waals surface area (Å²) in [5.41, 5.74) is 4.43. The van der Waals surface area contributed by atoms with E-state index < -0.39 is 0 Å². The molecule has 3 aromatic carbocycles. The van der Waals surface area contributed by atoms with Crippen LogP contribution in [0.4, 0.5) is 0 Å². The minimum Gasteiger partial charge on any atom is -0.485 e. The summed E-state index contributed by atoms with van der Waals surface area (Å²) < 4.78 is 7.74. The Morgan fingerprint density at radius 1 is 0.658 bits per heavy atom. The zero-order valence-corrected chi connectivity index (χ0v) is 20.9. The van der Waals surface area contributed by atoms with Gasteiger partial charge in [-0.2, -0.15) is 9.61 Å². The van der Waals surface area contributed by atoms with Gasteiger partial charge in [0.05, 0.1) is 21.7 Å². The molecule has 0 aliphatic rings. The predicted octanol–water partition coefficient (Wildman–Crippen LogP) is 6.81. The highest BCUT2D eigenvalue weighted by atomic mass is 35.5. The van der Waals surface area contributed by atoms with Crippen LogP contribution < -0.4 is 4.74 Å². The van der Waals surface area contributed by atoms with E-state index in [1.807, 2.05) is 97.1 Å². The summed E-state index contributed by atoms with van der Waals surface area (Å²) in [6, 6.07) is 33.2. The molecule has 38 heavy (non-hydrogen) atoms. The van der Waals surface area contributed by atoms with Crippen LogP contribution in [0.1, 0.15) is 5.82 Å². The molecule has 7 rings (SSSR count). The molecule has 0 saturated carbocycles. The van der Waals surface area contributed by atoms with Gasteiger partial charge in [0, 0.05) is 28.7 Å². The van der Waals surface area contributed by atoms with Crippen molar-refractivity contribution in [2.45, 2.75) is 6.61 Å². The zero-order valence-electron chi connectivity index (χ0n) is 20.1. The Labute approximate surface area is 223 Å². The summed E-state index contributed by atoms with van der Waals surface area (Å²) in [6.07, 6.45) is 3.45. The van der Waals surface area contributed by atoms with Crippen molar-refractivity contribution in [2.75, 3.05) is 0 Å². The Kier molecular flexibility index (Phi) is 6.57. The molecule has 0 unspecified atom stereocenters. The van der Waals surface area contributed by atoms with Gasteiger partial charge >= 0.3 is 0 Å². The first kappa shape index (κ1) is 23.5. The minimum atomic E-state index is 0.264. The molecule has 0 aliphatic heterocycles. The van der Waals surface area contributed by atoms with Crippen LogP contribution in [0.15, 0.2) is 116 Å². The van der Waals surface area contributed by atoms with Crippen molar-refractivity contribution in [1.29, 1.82) is 0 Å². The van der Waals surface area contributed by atoms with Crippen molar-refractivity contribution in [3.05, 3.63) is 126 Å². The van der Waals surface area contributed by atoms with E-state index >= 15 is 0 Å². The first-order valence-electron chi connectivity index (χ1n) is 12.0. The fraction of sp³-hybridized carbons (Fsp3) is 0.0333. The van der Waals surface area contributed by atoms with Gasteiger partial charge in [-0.15, -0.1) is 10.2 Å². The normalized spacial score (nSPS) is 10.9. The maximum absolute atomic E-state index is 6.01. The molecular weight excluding hydrogens is 496 g/mol. The maximum atomic E-state index is 6.01. The summed E-state index contributed by atoms with van der Waals surface area (Å²) in [6.45, 7) is 0.264. The summed E-state index contributed by atoms with van der Waals surface area (Å²) in [4.78, 5) is 8.51. The van der Waals surface area contributed by atoms with Crippen molar-refractivity contribution in [3.8, 4) is 17.0 Å². The highest BCUT2D eigenvalue weighted by molar-refractivity contribution is 6.35. The van der Waals surface area contributed by atoms with E-state index in [0.29, 0.717) is 11.5 Å². The van der Waals surface area contributed by atoms with Gasteiger partial charge in [0.25, 0.3) is 0 Å². The smallest absolute Gasteiger partial charge is 0.192 e. The summed E-state index contributed by atoms with van der Waals surface area (Å²) in [5.74, 6) is 1.40. The van der Waals surface area contributed by atoms with Crippen molar-refractivity contribution in [3.63, 3.8) is 0 Å². The lowest BCUT2D eigenvalue weighted by atomic mass is 10.1. The molecular formula is C30H21ClN6O. The van der Waals surface area contributed by atoms with Gasteiger partial charge in [-0.25, -0.2) is 0 Å². The van der Waals surface area contributed by atoms with Crippen LogP contribution in [0.25, 0.3) is 38.7 Å². The average Bonchev–Trinajstić information content (AvgIpc) is 3.39. The van der Waals surface area contributed by atoms with Gasteiger partial charge in [-0.1, -0.05) is 72.3 Å². The van der Waals surface area contributed by atoms with Crippen LogP contribution in [0.3, 0.4) is 0 Å². The van der Waals surface area contributed by atoms with Gasteiger partial charge in [0.2, 0.25) is 0 Å². The molecule has 0 spiro atoms. The second kappa shape index (κ2) is 10.6. The number of halogens is 1. The van der Waals surface area contributed by atoms with Crippen molar-refractivity contribution in [2.24, 2.45) is 0 Å². The largest absolute Gasteiger partial charge is 0.485 e. The molecule has 0 atom stereocenters. The van der Waals surface area contributed by atoms with E-state index in [4.69, 9.17) is 16.3 Å². The number of ether oxygens (including phenoxy) is 1. The molecule has 4 aromatic heterocycles. The number of para-hydroxylation sites is 2. The lowest BCUT2D eigenvalue weighted by Crippen LogP contribution is -2.05.